The number of unbranched alkanes of at least 4 members (excludes halogenated alkanes) is 1. The monoisotopic (exact) mass is 375 g/mol. The van der Waals surface area contributed by atoms with E-state index in [1.54, 1.807) is 0 Å². The molecule has 1 heterocycles. The third kappa shape index (κ3) is 3.16. The fourth-order valence-corrected chi connectivity index (χ4v) is 6.64. The molecule has 2 aromatic carbocycles. The van der Waals surface area contributed by atoms with E-state index in [2.05, 4.69) is 47.4 Å². The van der Waals surface area contributed by atoms with Crippen LogP contribution < -0.4 is 0 Å². The predicted octanol–water partition coefficient (Wildman–Crippen LogP) is 5.47. The van der Waals surface area contributed by atoms with E-state index in [-0.39, 0.29) is 0 Å². The number of fused-ring (bicyclic) bond motifs is 1. The number of benzene rings is 2. The van der Waals surface area contributed by atoms with E-state index >= 15 is 0 Å². The van der Waals surface area contributed by atoms with Gasteiger partial charge in [0.2, 0.25) is 0 Å². The third-order valence-corrected chi connectivity index (χ3v) is 7.94. The minimum Gasteiger partial charge on any atom is -0.508 e. The number of aryl methyl sites for hydroxylation is 1. The molecule has 0 aromatic heterocycles. The van der Waals surface area contributed by atoms with Crippen molar-refractivity contribution in [3.63, 3.8) is 0 Å². The van der Waals surface area contributed by atoms with Gasteiger partial charge in [-0.15, -0.1) is 0 Å². The van der Waals surface area contributed by atoms with Gasteiger partial charge < -0.3 is 5.11 Å². The van der Waals surface area contributed by atoms with Crippen LogP contribution in [0.3, 0.4) is 0 Å². The Morgan fingerprint density at radius 2 is 1.89 bits per heavy atom. The quantitative estimate of drug-likeness (QED) is 0.700. The number of hydrogen-bond donors (Lipinski definition) is 1. The summed E-state index contributed by atoms with van der Waals surface area (Å²) in [5, 5.41) is 10.2. The molecule has 2 aromatic rings. The minimum absolute atomic E-state index is 0.343. The molecule has 28 heavy (non-hydrogen) atoms. The molecule has 2 heteroatoms. The fraction of sp³-hybridized carbons (Fsp3) is 0.538. The molecule has 3 aliphatic rings. The van der Waals surface area contributed by atoms with E-state index < -0.39 is 0 Å². The molecule has 1 saturated heterocycles. The summed E-state index contributed by atoms with van der Waals surface area (Å²) < 4.78 is 0. The van der Waals surface area contributed by atoms with Gasteiger partial charge in [0, 0.05) is 11.5 Å². The summed E-state index contributed by atoms with van der Waals surface area (Å²) >= 11 is 0. The SMILES string of the molecule is Oc1ccc2c(c1)[C@]13CCCC[C@H]1[C@@H](C2)N(CCCCc1ccccc1)CC3. The topological polar surface area (TPSA) is 23.5 Å². The van der Waals surface area contributed by atoms with Gasteiger partial charge in [0.1, 0.15) is 5.75 Å². The fourth-order valence-electron chi connectivity index (χ4n) is 6.64. The largest absolute Gasteiger partial charge is 0.508 e. The summed E-state index contributed by atoms with van der Waals surface area (Å²) in [5.74, 6) is 1.25. The molecule has 3 atom stereocenters. The van der Waals surface area contributed by atoms with E-state index in [0.717, 1.165) is 5.92 Å². The number of piperidine rings is 1. The number of phenols is 1. The molecular weight excluding hydrogens is 342 g/mol. The Hall–Kier alpha value is -1.80. The van der Waals surface area contributed by atoms with Gasteiger partial charge in [-0.05, 0) is 92.8 Å². The second-order valence-electron chi connectivity index (χ2n) is 9.35. The van der Waals surface area contributed by atoms with Gasteiger partial charge in [-0.3, -0.25) is 4.90 Å². The van der Waals surface area contributed by atoms with Crippen LogP contribution in [0.2, 0.25) is 0 Å². The summed E-state index contributed by atoms with van der Waals surface area (Å²) in [4.78, 5) is 2.83. The van der Waals surface area contributed by atoms with Crippen molar-refractivity contribution in [3.8, 4) is 5.75 Å². The highest BCUT2D eigenvalue weighted by Crippen LogP contribution is 2.56. The van der Waals surface area contributed by atoms with Crippen LogP contribution in [0.5, 0.6) is 5.75 Å². The van der Waals surface area contributed by atoms with Gasteiger partial charge in [0.25, 0.3) is 0 Å². The van der Waals surface area contributed by atoms with E-state index in [9.17, 15) is 5.11 Å². The Morgan fingerprint density at radius 3 is 2.79 bits per heavy atom. The van der Waals surface area contributed by atoms with Crippen molar-refractivity contribution in [1.82, 2.24) is 4.90 Å². The van der Waals surface area contributed by atoms with Crippen LogP contribution in [0.1, 0.15) is 61.6 Å². The maximum Gasteiger partial charge on any atom is 0.115 e. The first-order valence-electron chi connectivity index (χ1n) is 11.4. The van der Waals surface area contributed by atoms with Gasteiger partial charge in [-0.2, -0.15) is 0 Å². The zero-order valence-electron chi connectivity index (χ0n) is 16.9. The summed E-state index contributed by atoms with van der Waals surface area (Å²) in [6, 6.07) is 17.9. The lowest BCUT2D eigenvalue weighted by molar-refractivity contribution is -0.0119. The Labute approximate surface area is 169 Å². The molecule has 5 rings (SSSR count). The van der Waals surface area contributed by atoms with Crippen molar-refractivity contribution in [1.29, 1.82) is 0 Å². The van der Waals surface area contributed by atoms with Crippen molar-refractivity contribution >= 4 is 0 Å². The van der Waals surface area contributed by atoms with Gasteiger partial charge in [0.15, 0.2) is 0 Å². The predicted molar refractivity (Wildman–Crippen MR) is 115 cm³/mol. The van der Waals surface area contributed by atoms with Crippen LogP contribution in [-0.4, -0.2) is 29.1 Å². The summed E-state index contributed by atoms with van der Waals surface area (Å²) in [7, 11) is 0. The average Bonchev–Trinajstić information content (AvgIpc) is 2.74. The maximum atomic E-state index is 10.2. The summed E-state index contributed by atoms with van der Waals surface area (Å²) in [6.07, 6.45) is 11.7. The van der Waals surface area contributed by atoms with Gasteiger partial charge >= 0.3 is 0 Å². The van der Waals surface area contributed by atoms with Gasteiger partial charge in [-0.25, -0.2) is 0 Å². The number of likely N-dealkylation sites (tertiary alicyclic amines) is 1. The van der Waals surface area contributed by atoms with Crippen LogP contribution in [0.4, 0.5) is 0 Å². The number of hydrogen-bond acceptors (Lipinski definition) is 2. The molecule has 0 radical (unpaired) electrons. The zero-order valence-corrected chi connectivity index (χ0v) is 16.9. The molecule has 0 unspecified atom stereocenters. The van der Waals surface area contributed by atoms with Gasteiger partial charge in [0.05, 0.1) is 0 Å². The Kier molecular flexibility index (Phi) is 4.92. The summed E-state index contributed by atoms with van der Waals surface area (Å²) in [5.41, 5.74) is 4.82. The number of nitrogens with zero attached hydrogens (tertiary/aromatic N) is 1. The lowest BCUT2D eigenvalue weighted by Crippen LogP contribution is -2.61. The first-order chi connectivity index (χ1) is 13.8. The van der Waals surface area contributed by atoms with Crippen LogP contribution >= 0.6 is 0 Å². The molecule has 148 valence electrons. The van der Waals surface area contributed by atoms with Crippen LogP contribution in [0, 0.1) is 5.92 Å². The van der Waals surface area contributed by atoms with Gasteiger partial charge in [-0.1, -0.05) is 49.2 Å². The molecule has 1 saturated carbocycles. The highest BCUT2D eigenvalue weighted by Gasteiger charge is 2.53. The highest BCUT2D eigenvalue weighted by atomic mass is 16.3. The second-order valence-corrected chi connectivity index (χ2v) is 9.35. The molecule has 2 bridgehead atoms. The van der Waals surface area contributed by atoms with Crippen molar-refractivity contribution in [2.75, 3.05) is 13.1 Å². The van der Waals surface area contributed by atoms with E-state index in [1.165, 1.54) is 87.6 Å². The average molecular weight is 376 g/mol. The Balaban J connectivity index is 1.30. The van der Waals surface area contributed by atoms with Crippen molar-refractivity contribution < 1.29 is 5.11 Å². The van der Waals surface area contributed by atoms with Crippen LogP contribution in [0.15, 0.2) is 48.5 Å². The Morgan fingerprint density at radius 1 is 1.00 bits per heavy atom. The Bertz CT molecular complexity index is 816. The normalized spacial score (nSPS) is 29.1. The minimum atomic E-state index is 0.343. The van der Waals surface area contributed by atoms with Crippen LogP contribution in [-0.2, 0) is 18.3 Å². The lowest BCUT2D eigenvalue weighted by atomic mass is 9.52. The van der Waals surface area contributed by atoms with E-state index in [1.807, 2.05) is 6.07 Å². The van der Waals surface area contributed by atoms with E-state index in [4.69, 9.17) is 0 Å². The number of phenolic OH excluding ortho intramolecular Hbond substituents is 1. The first-order valence-corrected chi connectivity index (χ1v) is 11.4. The van der Waals surface area contributed by atoms with Crippen LogP contribution in [0.25, 0.3) is 0 Å². The van der Waals surface area contributed by atoms with Crippen molar-refractivity contribution in [2.24, 2.45) is 5.92 Å². The van der Waals surface area contributed by atoms with E-state index in [0.29, 0.717) is 17.2 Å². The first kappa shape index (κ1) is 18.2. The zero-order chi connectivity index (χ0) is 19.0. The van der Waals surface area contributed by atoms with Crippen molar-refractivity contribution in [2.45, 2.75) is 69.2 Å². The summed E-state index contributed by atoms with van der Waals surface area (Å²) in [6.45, 7) is 2.49. The molecule has 1 aliphatic heterocycles. The second kappa shape index (κ2) is 7.55. The molecule has 2 aliphatic carbocycles. The van der Waals surface area contributed by atoms with Crippen molar-refractivity contribution in [3.05, 3.63) is 65.2 Å². The smallest absolute Gasteiger partial charge is 0.115 e. The number of aromatic hydroxyl groups is 1. The third-order valence-electron chi connectivity index (χ3n) is 7.94. The molecule has 1 N–H and O–H groups in total. The lowest BCUT2D eigenvalue weighted by Gasteiger charge is -2.59. The molecule has 0 amide bonds. The standard InChI is InChI=1S/C26H33NO/c28-22-13-12-21-18-25-23-11-4-6-14-26(23,24(21)19-22)15-17-27(25)16-7-5-10-20-8-2-1-3-9-20/h1-3,8-9,12-13,19,23,25,28H,4-7,10-11,14-18H2/t23-,25+,26-/m0/s1. The number of rotatable bonds is 5. The highest BCUT2D eigenvalue weighted by molar-refractivity contribution is 5.45. The molecular formula is C26H33NO. The molecule has 0 spiro atoms. The molecule has 2 fully saturated rings. The maximum absolute atomic E-state index is 10.2. The molecule has 2 nitrogen and oxygen atoms in total.